The Morgan fingerprint density at radius 2 is 1.88 bits per heavy atom. The number of carboxylic acids is 1. The molecule has 0 aliphatic heterocycles. The van der Waals surface area contributed by atoms with Gasteiger partial charge in [-0.05, 0) is 43.5 Å². The van der Waals surface area contributed by atoms with E-state index < -0.39 is 30.6 Å². The summed E-state index contributed by atoms with van der Waals surface area (Å²) in [5, 5.41) is 8.56. The molecule has 0 bridgehead atoms. The minimum absolute atomic E-state index is 0.0760. The van der Waals surface area contributed by atoms with Gasteiger partial charge in [0.1, 0.15) is 5.75 Å². The molecule has 0 spiro atoms. The molecular formula is C17H20F3NO4. The third-order valence-electron chi connectivity index (χ3n) is 4.40. The molecule has 2 rings (SSSR count). The Labute approximate surface area is 143 Å². The Morgan fingerprint density at radius 3 is 2.44 bits per heavy atom. The summed E-state index contributed by atoms with van der Waals surface area (Å²) in [7, 11) is 1.52. The highest BCUT2D eigenvalue weighted by Crippen LogP contribution is 2.40. The van der Waals surface area contributed by atoms with E-state index in [0.717, 1.165) is 0 Å². The van der Waals surface area contributed by atoms with Crippen LogP contribution in [0.1, 0.15) is 25.7 Å². The number of benzene rings is 1. The second-order valence-corrected chi connectivity index (χ2v) is 6.18. The van der Waals surface area contributed by atoms with Crippen molar-refractivity contribution in [3.8, 4) is 5.75 Å². The molecule has 1 aromatic carbocycles. The minimum Gasteiger partial charge on any atom is -0.482 e. The minimum atomic E-state index is -4.26. The molecule has 2 atom stereocenters. The summed E-state index contributed by atoms with van der Waals surface area (Å²) >= 11 is 0. The van der Waals surface area contributed by atoms with E-state index in [1.165, 1.54) is 24.1 Å². The summed E-state index contributed by atoms with van der Waals surface area (Å²) in [5.41, 5.74) is 0.516. The van der Waals surface area contributed by atoms with Crippen molar-refractivity contribution in [1.29, 1.82) is 0 Å². The predicted octanol–water partition coefficient (Wildman–Crippen LogP) is 3.48. The normalized spacial score (nSPS) is 20.8. The molecule has 0 heterocycles. The van der Waals surface area contributed by atoms with E-state index in [1.54, 1.807) is 12.1 Å². The van der Waals surface area contributed by atoms with Crippen LogP contribution in [0.15, 0.2) is 24.3 Å². The highest BCUT2D eigenvalue weighted by Gasteiger charge is 2.44. The first kappa shape index (κ1) is 19.1. The first-order valence-corrected chi connectivity index (χ1v) is 7.97. The van der Waals surface area contributed by atoms with Gasteiger partial charge in [-0.2, -0.15) is 13.2 Å². The zero-order chi connectivity index (χ0) is 18.6. The molecule has 1 aromatic rings. The number of ether oxygens (including phenoxy) is 1. The number of carbonyl (C=O) groups is 2. The average molecular weight is 359 g/mol. The van der Waals surface area contributed by atoms with E-state index in [0.29, 0.717) is 24.3 Å². The largest absolute Gasteiger partial charge is 0.482 e. The highest BCUT2D eigenvalue weighted by atomic mass is 19.4. The van der Waals surface area contributed by atoms with Gasteiger partial charge in [0.05, 0.1) is 5.92 Å². The third kappa shape index (κ3) is 5.11. The first-order valence-electron chi connectivity index (χ1n) is 7.97. The van der Waals surface area contributed by atoms with E-state index in [4.69, 9.17) is 9.84 Å². The zero-order valence-electron chi connectivity index (χ0n) is 13.8. The summed E-state index contributed by atoms with van der Waals surface area (Å²) in [6.07, 6.45) is -3.52. The molecule has 0 saturated heterocycles. The molecule has 2 unspecified atom stereocenters. The van der Waals surface area contributed by atoms with Crippen LogP contribution in [0, 0.1) is 11.8 Å². The van der Waals surface area contributed by atoms with E-state index >= 15 is 0 Å². The lowest BCUT2D eigenvalue weighted by atomic mass is 9.80. The van der Waals surface area contributed by atoms with Gasteiger partial charge in [-0.25, -0.2) is 4.79 Å². The van der Waals surface area contributed by atoms with Gasteiger partial charge in [0, 0.05) is 18.7 Å². The average Bonchev–Trinajstić information content (AvgIpc) is 2.58. The van der Waals surface area contributed by atoms with E-state index in [1.807, 2.05) is 0 Å². The summed E-state index contributed by atoms with van der Waals surface area (Å²) in [6.45, 7) is -0.477. The van der Waals surface area contributed by atoms with Gasteiger partial charge in [-0.15, -0.1) is 0 Å². The number of carboxylic acid groups (broad SMARTS) is 1. The Morgan fingerprint density at radius 1 is 1.24 bits per heavy atom. The van der Waals surface area contributed by atoms with Crippen LogP contribution in [0.3, 0.4) is 0 Å². The maximum absolute atomic E-state index is 12.9. The monoisotopic (exact) mass is 359 g/mol. The van der Waals surface area contributed by atoms with Gasteiger partial charge >= 0.3 is 12.1 Å². The molecule has 1 fully saturated rings. The van der Waals surface area contributed by atoms with Gasteiger partial charge in [-0.3, -0.25) is 4.79 Å². The highest BCUT2D eigenvalue weighted by molar-refractivity contribution is 5.94. The zero-order valence-corrected chi connectivity index (χ0v) is 13.8. The van der Waals surface area contributed by atoms with Gasteiger partial charge in [0.15, 0.2) is 6.61 Å². The molecule has 8 heteroatoms. The molecule has 1 amide bonds. The quantitative estimate of drug-likeness (QED) is 0.874. The SMILES string of the molecule is CN(C(=O)C1CCCC(C(F)(F)F)C1)c1ccc(OCC(=O)O)cc1. The molecule has 1 N–H and O–H groups in total. The van der Waals surface area contributed by atoms with Crippen LogP contribution in [0.5, 0.6) is 5.75 Å². The molecule has 0 radical (unpaired) electrons. The van der Waals surface area contributed by atoms with Crippen molar-refractivity contribution in [2.75, 3.05) is 18.6 Å². The van der Waals surface area contributed by atoms with Crippen LogP contribution in [0.2, 0.25) is 0 Å². The molecule has 0 aromatic heterocycles. The molecule has 5 nitrogen and oxygen atoms in total. The molecule has 138 valence electrons. The number of hydrogen-bond acceptors (Lipinski definition) is 3. The Bertz CT molecular complexity index is 615. The summed E-state index contributed by atoms with van der Waals surface area (Å²) in [5.74, 6) is -3.17. The van der Waals surface area contributed by atoms with Crippen LogP contribution in [-0.2, 0) is 9.59 Å². The number of nitrogens with zero attached hydrogens (tertiary/aromatic N) is 1. The number of amides is 1. The van der Waals surface area contributed by atoms with E-state index in [-0.39, 0.29) is 18.7 Å². The van der Waals surface area contributed by atoms with Crippen molar-refractivity contribution in [2.45, 2.75) is 31.9 Å². The molecule has 25 heavy (non-hydrogen) atoms. The van der Waals surface area contributed by atoms with Crippen molar-refractivity contribution < 1.29 is 32.6 Å². The maximum Gasteiger partial charge on any atom is 0.391 e. The number of hydrogen-bond donors (Lipinski definition) is 1. The molecular weight excluding hydrogens is 339 g/mol. The van der Waals surface area contributed by atoms with Crippen molar-refractivity contribution in [3.63, 3.8) is 0 Å². The molecule has 1 saturated carbocycles. The van der Waals surface area contributed by atoms with Crippen molar-refractivity contribution >= 4 is 17.6 Å². The summed E-state index contributed by atoms with van der Waals surface area (Å²) in [4.78, 5) is 24.3. The maximum atomic E-state index is 12.9. The number of halogens is 3. The lowest BCUT2D eigenvalue weighted by Crippen LogP contribution is -2.38. The van der Waals surface area contributed by atoms with Gasteiger partial charge in [-0.1, -0.05) is 6.42 Å². The molecule has 1 aliphatic carbocycles. The Balaban J connectivity index is 2.00. The van der Waals surface area contributed by atoms with Gasteiger partial charge in [0.2, 0.25) is 5.91 Å². The fraction of sp³-hybridized carbons (Fsp3) is 0.529. The fourth-order valence-electron chi connectivity index (χ4n) is 3.02. The smallest absolute Gasteiger partial charge is 0.391 e. The van der Waals surface area contributed by atoms with Crippen LogP contribution in [-0.4, -0.2) is 36.8 Å². The van der Waals surface area contributed by atoms with Crippen molar-refractivity contribution in [3.05, 3.63) is 24.3 Å². The van der Waals surface area contributed by atoms with E-state index in [2.05, 4.69) is 0 Å². The molecule has 1 aliphatic rings. The number of alkyl halides is 3. The first-order chi connectivity index (χ1) is 11.7. The number of rotatable bonds is 5. The van der Waals surface area contributed by atoms with Gasteiger partial charge in [0.25, 0.3) is 0 Å². The van der Waals surface area contributed by atoms with Crippen LogP contribution in [0.4, 0.5) is 18.9 Å². The topological polar surface area (TPSA) is 66.8 Å². The second kappa shape index (κ2) is 7.76. The lowest BCUT2D eigenvalue weighted by molar-refractivity contribution is -0.186. The number of aliphatic carboxylic acids is 1. The Hall–Kier alpha value is -2.25. The van der Waals surface area contributed by atoms with Crippen molar-refractivity contribution in [1.82, 2.24) is 0 Å². The standard InChI is InChI=1S/C17H20F3NO4/c1-21(13-5-7-14(8-6-13)25-10-15(22)23)16(24)11-3-2-4-12(9-11)17(18,19)20/h5-8,11-12H,2-4,9-10H2,1H3,(H,22,23). The fourth-order valence-corrected chi connectivity index (χ4v) is 3.02. The second-order valence-electron chi connectivity index (χ2n) is 6.18. The lowest BCUT2D eigenvalue weighted by Gasteiger charge is -2.32. The van der Waals surface area contributed by atoms with Crippen molar-refractivity contribution in [2.24, 2.45) is 11.8 Å². The van der Waals surface area contributed by atoms with E-state index in [9.17, 15) is 22.8 Å². The Kier molecular flexibility index (Phi) is 5.92. The number of anilines is 1. The third-order valence-corrected chi connectivity index (χ3v) is 4.40. The summed E-state index contributed by atoms with van der Waals surface area (Å²) < 4.78 is 43.7. The number of carbonyl (C=O) groups excluding carboxylic acids is 1. The van der Waals surface area contributed by atoms with Gasteiger partial charge < -0.3 is 14.7 Å². The van der Waals surface area contributed by atoms with Crippen LogP contribution >= 0.6 is 0 Å². The summed E-state index contributed by atoms with van der Waals surface area (Å²) in [6, 6.07) is 6.17. The predicted molar refractivity (Wildman–Crippen MR) is 84.5 cm³/mol. The van der Waals surface area contributed by atoms with Crippen LogP contribution < -0.4 is 9.64 Å². The van der Waals surface area contributed by atoms with Crippen LogP contribution in [0.25, 0.3) is 0 Å².